The molecule has 21 heavy (non-hydrogen) atoms. The second kappa shape index (κ2) is 6.22. The lowest BCUT2D eigenvalue weighted by molar-refractivity contribution is -0.143. The second-order valence-corrected chi connectivity index (χ2v) is 4.86. The summed E-state index contributed by atoms with van der Waals surface area (Å²) in [7, 11) is 0. The maximum absolute atomic E-state index is 13.2. The highest BCUT2D eigenvalue weighted by Gasteiger charge is 2.28. The Hall–Kier alpha value is -2.62. The summed E-state index contributed by atoms with van der Waals surface area (Å²) in [6.07, 6.45) is 1.17. The smallest absolute Gasteiger partial charge is 0.321 e. The van der Waals surface area contributed by atoms with Crippen molar-refractivity contribution in [3.05, 3.63) is 29.6 Å². The number of benzene rings is 1. The monoisotopic (exact) mass is 291 g/mol. The van der Waals surface area contributed by atoms with Gasteiger partial charge in [0.05, 0.1) is 11.5 Å². The number of halogens is 1. The number of carboxylic acids is 1. The molecule has 0 aromatic heterocycles. The molecule has 1 unspecified atom stereocenters. The van der Waals surface area contributed by atoms with Crippen molar-refractivity contribution < 1.29 is 19.1 Å². The predicted molar refractivity (Wildman–Crippen MR) is 72.1 cm³/mol. The molecule has 0 aliphatic carbocycles. The van der Waals surface area contributed by atoms with Gasteiger partial charge in [0.15, 0.2) is 0 Å². The van der Waals surface area contributed by atoms with E-state index in [1.54, 1.807) is 6.07 Å². The fourth-order valence-corrected chi connectivity index (χ4v) is 2.25. The summed E-state index contributed by atoms with van der Waals surface area (Å²) in [5, 5.41) is 20.3. The normalized spacial score (nSPS) is 17.9. The molecule has 110 valence electrons. The summed E-state index contributed by atoms with van der Waals surface area (Å²) < 4.78 is 13.2. The molecule has 1 aliphatic rings. The minimum Gasteiger partial charge on any atom is -0.481 e. The fraction of sp³-hybridized carbons (Fsp3) is 0.357. The zero-order valence-electron chi connectivity index (χ0n) is 11.2. The van der Waals surface area contributed by atoms with Crippen molar-refractivity contribution in [1.29, 1.82) is 5.26 Å². The van der Waals surface area contributed by atoms with Crippen LogP contribution < -0.4 is 5.32 Å². The second-order valence-electron chi connectivity index (χ2n) is 4.86. The van der Waals surface area contributed by atoms with Crippen LogP contribution in [0.2, 0.25) is 0 Å². The largest absolute Gasteiger partial charge is 0.481 e. The number of piperidine rings is 1. The Morgan fingerprint density at radius 2 is 2.24 bits per heavy atom. The Labute approximate surface area is 120 Å². The molecule has 0 spiro atoms. The van der Waals surface area contributed by atoms with Crippen LogP contribution in [0.25, 0.3) is 0 Å². The molecule has 1 aromatic rings. The number of likely N-dealkylation sites (tertiary alicyclic amines) is 1. The number of hydrogen-bond acceptors (Lipinski definition) is 3. The Balaban J connectivity index is 2.04. The van der Waals surface area contributed by atoms with Gasteiger partial charge in [0.2, 0.25) is 0 Å². The highest BCUT2D eigenvalue weighted by molar-refractivity contribution is 5.90. The van der Waals surface area contributed by atoms with Gasteiger partial charge in [-0.05, 0) is 31.0 Å². The van der Waals surface area contributed by atoms with Gasteiger partial charge < -0.3 is 15.3 Å². The Morgan fingerprint density at radius 3 is 2.90 bits per heavy atom. The maximum Gasteiger partial charge on any atom is 0.321 e. The zero-order chi connectivity index (χ0) is 15.4. The van der Waals surface area contributed by atoms with Crippen molar-refractivity contribution in [3.8, 4) is 6.07 Å². The van der Waals surface area contributed by atoms with Gasteiger partial charge in [0.25, 0.3) is 0 Å². The van der Waals surface area contributed by atoms with E-state index < -0.39 is 23.7 Å². The van der Waals surface area contributed by atoms with E-state index in [-0.39, 0.29) is 12.1 Å². The number of amides is 2. The van der Waals surface area contributed by atoms with Gasteiger partial charge in [-0.2, -0.15) is 5.26 Å². The van der Waals surface area contributed by atoms with Crippen LogP contribution in [0.3, 0.4) is 0 Å². The number of nitriles is 1. The quantitative estimate of drug-likeness (QED) is 0.871. The summed E-state index contributed by atoms with van der Waals surface area (Å²) in [6, 6.07) is 4.94. The minimum atomic E-state index is -0.916. The first kappa shape index (κ1) is 14.8. The number of carbonyl (C=O) groups is 2. The standard InChI is InChI=1S/C14H14FN3O3/c15-12-4-3-11(6-10(12)7-16)17-14(21)18-5-1-2-9(8-18)13(19)20/h3-4,6,9H,1-2,5,8H2,(H,17,21)(H,19,20). The van der Waals surface area contributed by atoms with E-state index in [0.717, 1.165) is 6.07 Å². The molecule has 2 N–H and O–H groups in total. The van der Waals surface area contributed by atoms with E-state index in [4.69, 9.17) is 10.4 Å². The van der Waals surface area contributed by atoms with E-state index in [9.17, 15) is 14.0 Å². The number of rotatable bonds is 2. The van der Waals surface area contributed by atoms with Crippen molar-refractivity contribution in [1.82, 2.24) is 4.90 Å². The van der Waals surface area contributed by atoms with Crippen LogP contribution >= 0.6 is 0 Å². The molecule has 0 bridgehead atoms. The van der Waals surface area contributed by atoms with Crippen LogP contribution in [-0.4, -0.2) is 35.1 Å². The van der Waals surface area contributed by atoms with Crippen molar-refractivity contribution in [2.75, 3.05) is 18.4 Å². The zero-order valence-corrected chi connectivity index (χ0v) is 11.2. The van der Waals surface area contributed by atoms with E-state index in [0.29, 0.717) is 25.1 Å². The van der Waals surface area contributed by atoms with Gasteiger partial charge in [-0.3, -0.25) is 4.79 Å². The molecule has 1 aromatic carbocycles. The molecule has 1 fully saturated rings. The predicted octanol–water partition coefficient (Wildman–Crippen LogP) is 2.03. The SMILES string of the molecule is N#Cc1cc(NC(=O)N2CCCC(C(=O)O)C2)ccc1F. The molecule has 7 heteroatoms. The third-order valence-corrected chi connectivity index (χ3v) is 3.40. The molecular formula is C14H14FN3O3. The fourth-order valence-electron chi connectivity index (χ4n) is 2.25. The third kappa shape index (κ3) is 3.48. The lowest BCUT2D eigenvalue weighted by Gasteiger charge is -2.30. The Kier molecular flexibility index (Phi) is 4.38. The number of carbonyl (C=O) groups excluding carboxylic acids is 1. The summed E-state index contributed by atoms with van der Waals surface area (Å²) in [6.45, 7) is 0.620. The van der Waals surface area contributed by atoms with Crippen LogP contribution in [0.5, 0.6) is 0 Å². The van der Waals surface area contributed by atoms with Crippen LogP contribution in [0.4, 0.5) is 14.9 Å². The average Bonchev–Trinajstić information content (AvgIpc) is 2.49. The topological polar surface area (TPSA) is 93.4 Å². The van der Waals surface area contributed by atoms with E-state index in [1.165, 1.54) is 17.0 Å². The van der Waals surface area contributed by atoms with Gasteiger partial charge in [-0.25, -0.2) is 9.18 Å². The van der Waals surface area contributed by atoms with E-state index in [1.807, 2.05) is 0 Å². The first-order chi connectivity index (χ1) is 10.0. The van der Waals surface area contributed by atoms with E-state index in [2.05, 4.69) is 5.32 Å². The number of carboxylic acid groups (broad SMARTS) is 1. The van der Waals surface area contributed by atoms with Crippen LogP contribution in [0.1, 0.15) is 18.4 Å². The minimum absolute atomic E-state index is 0.146. The molecule has 1 aliphatic heterocycles. The average molecular weight is 291 g/mol. The molecule has 1 atom stereocenters. The molecule has 2 rings (SSSR count). The molecule has 0 saturated carbocycles. The first-order valence-electron chi connectivity index (χ1n) is 6.49. The van der Waals surface area contributed by atoms with Crippen molar-refractivity contribution in [3.63, 3.8) is 0 Å². The van der Waals surface area contributed by atoms with Crippen LogP contribution in [0, 0.1) is 23.1 Å². The summed E-state index contributed by atoms with van der Waals surface area (Å²) in [4.78, 5) is 24.4. The number of hydrogen-bond donors (Lipinski definition) is 2. The molecule has 2 amide bonds. The van der Waals surface area contributed by atoms with Crippen LogP contribution in [-0.2, 0) is 4.79 Å². The number of anilines is 1. The number of nitrogens with zero attached hydrogens (tertiary/aromatic N) is 2. The summed E-state index contributed by atoms with van der Waals surface area (Å²) in [5.41, 5.74) is 0.144. The lowest BCUT2D eigenvalue weighted by Crippen LogP contribution is -2.44. The van der Waals surface area contributed by atoms with Gasteiger partial charge in [-0.1, -0.05) is 0 Å². The van der Waals surface area contributed by atoms with Crippen molar-refractivity contribution in [2.45, 2.75) is 12.8 Å². The van der Waals surface area contributed by atoms with Gasteiger partial charge in [0, 0.05) is 18.8 Å². The number of nitrogens with one attached hydrogen (secondary N) is 1. The van der Waals surface area contributed by atoms with Gasteiger partial charge in [0.1, 0.15) is 11.9 Å². The first-order valence-corrected chi connectivity index (χ1v) is 6.49. The Morgan fingerprint density at radius 1 is 1.48 bits per heavy atom. The third-order valence-electron chi connectivity index (χ3n) is 3.40. The molecule has 1 heterocycles. The molecular weight excluding hydrogens is 277 g/mol. The maximum atomic E-state index is 13.2. The number of urea groups is 1. The highest BCUT2D eigenvalue weighted by Crippen LogP contribution is 2.19. The van der Waals surface area contributed by atoms with Crippen LogP contribution in [0.15, 0.2) is 18.2 Å². The Bertz CT molecular complexity index is 612. The van der Waals surface area contributed by atoms with Gasteiger partial charge in [-0.15, -0.1) is 0 Å². The van der Waals surface area contributed by atoms with Gasteiger partial charge >= 0.3 is 12.0 Å². The number of aliphatic carboxylic acids is 1. The summed E-state index contributed by atoms with van der Waals surface area (Å²) >= 11 is 0. The molecule has 6 nitrogen and oxygen atoms in total. The summed E-state index contributed by atoms with van der Waals surface area (Å²) in [5.74, 6) is -2.13. The van der Waals surface area contributed by atoms with E-state index >= 15 is 0 Å². The molecule has 1 saturated heterocycles. The lowest BCUT2D eigenvalue weighted by atomic mass is 9.99. The molecule has 0 radical (unpaired) electrons. The van der Waals surface area contributed by atoms with Crippen molar-refractivity contribution >= 4 is 17.7 Å². The highest BCUT2D eigenvalue weighted by atomic mass is 19.1. The van der Waals surface area contributed by atoms with Crippen molar-refractivity contribution in [2.24, 2.45) is 5.92 Å².